The molecule has 1 heterocycles. The number of fused-ring (bicyclic) bond motifs is 1. The number of H-pyrrole nitrogens is 1. The van der Waals surface area contributed by atoms with Crippen LogP contribution in [0.25, 0.3) is 11.0 Å². The quantitative estimate of drug-likeness (QED) is 0.206. The summed E-state index contributed by atoms with van der Waals surface area (Å²) in [6.45, 7) is 2.82. The third-order valence-corrected chi connectivity index (χ3v) is 5.18. The first-order valence-electron chi connectivity index (χ1n) is 9.90. The van der Waals surface area contributed by atoms with Gasteiger partial charge in [0.25, 0.3) is 5.91 Å². The van der Waals surface area contributed by atoms with Gasteiger partial charge in [0.05, 0.1) is 36.7 Å². The van der Waals surface area contributed by atoms with Crippen molar-refractivity contribution in [1.82, 2.24) is 15.4 Å². The molecule has 2 N–H and O–H groups in total. The van der Waals surface area contributed by atoms with Gasteiger partial charge in [-0.2, -0.15) is 5.10 Å². The summed E-state index contributed by atoms with van der Waals surface area (Å²) in [7, 11) is 1.60. The maximum Gasteiger partial charge on any atom is 0.250 e. The Morgan fingerprint density at radius 3 is 2.90 bits per heavy atom. The number of para-hydroxylation sites is 2. The van der Waals surface area contributed by atoms with Crippen LogP contribution < -0.4 is 14.9 Å². The van der Waals surface area contributed by atoms with E-state index >= 15 is 0 Å². The van der Waals surface area contributed by atoms with Crippen LogP contribution in [0.3, 0.4) is 0 Å². The number of amides is 1. The molecule has 0 aliphatic heterocycles. The fourth-order valence-electron chi connectivity index (χ4n) is 2.76. The second kappa shape index (κ2) is 11.3. The van der Waals surface area contributed by atoms with Gasteiger partial charge < -0.3 is 14.5 Å². The summed E-state index contributed by atoms with van der Waals surface area (Å²) in [5, 5.41) is 4.73. The van der Waals surface area contributed by atoms with Crippen LogP contribution in [-0.2, 0) is 4.79 Å². The third-order valence-electron chi connectivity index (χ3n) is 4.30. The van der Waals surface area contributed by atoms with Gasteiger partial charge in [0.2, 0.25) is 0 Å². The van der Waals surface area contributed by atoms with Crippen molar-refractivity contribution in [2.75, 3.05) is 19.5 Å². The van der Waals surface area contributed by atoms with E-state index in [2.05, 4.69) is 27.4 Å². The van der Waals surface area contributed by atoms with Crippen LogP contribution in [-0.4, -0.2) is 41.6 Å². The Bertz CT molecular complexity index is 970. The number of hydrogen-bond acceptors (Lipinski definition) is 6. The minimum Gasteiger partial charge on any atom is -0.493 e. The van der Waals surface area contributed by atoms with Gasteiger partial charge in [-0.1, -0.05) is 43.7 Å². The fraction of sp³-hybridized carbons (Fsp3) is 0.318. The number of carbonyl (C=O) groups excluding carboxylic acids is 1. The van der Waals surface area contributed by atoms with Crippen LogP contribution in [0.1, 0.15) is 31.7 Å². The van der Waals surface area contributed by atoms with Crippen LogP contribution in [0.2, 0.25) is 0 Å². The Morgan fingerprint density at radius 1 is 1.23 bits per heavy atom. The van der Waals surface area contributed by atoms with Gasteiger partial charge in [0.1, 0.15) is 0 Å². The molecule has 0 aliphatic rings. The van der Waals surface area contributed by atoms with E-state index in [1.165, 1.54) is 11.8 Å². The first-order valence-corrected chi connectivity index (χ1v) is 10.9. The van der Waals surface area contributed by atoms with Crippen LogP contribution in [0.15, 0.2) is 52.7 Å². The number of unbranched alkanes of at least 4 members (excludes halogenated alkanes) is 2. The molecule has 8 heteroatoms. The summed E-state index contributed by atoms with van der Waals surface area (Å²) >= 11 is 1.33. The van der Waals surface area contributed by atoms with Crippen molar-refractivity contribution in [1.29, 1.82) is 0 Å². The number of aromatic amines is 1. The first kappa shape index (κ1) is 21.7. The average molecular weight is 427 g/mol. The molecular formula is C22H26N4O3S. The number of imidazole rings is 1. The SMILES string of the molecule is CCCCCOc1ccc(/C=N/NC(=O)CSc2nc3ccccc3[nH]2)cc1OC. The number of carbonyl (C=O) groups is 1. The van der Waals surface area contributed by atoms with Gasteiger partial charge in [-0.05, 0) is 42.3 Å². The zero-order chi connectivity index (χ0) is 21.2. The Morgan fingerprint density at radius 2 is 2.10 bits per heavy atom. The molecule has 0 saturated carbocycles. The smallest absolute Gasteiger partial charge is 0.250 e. The van der Waals surface area contributed by atoms with Crippen LogP contribution in [0.4, 0.5) is 0 Å². The summed E-state index contributed by atoms with van der Waals surface area (Å²) in [6.07, 6.45) is 4.88. The average Bonchev–Trinajstić information content (AvgIpc) is 3.19. The lowest BCUT2D eigenvalue weighted by atomic mass is 10.2. The highest BCUT2D eigenvalue weighted by Crippen LogP contribution is 2.27. The summed E-state index contributed by atoms with van der Waals surface area (Å²) in [5.41, 5.74) is 5.16. The Hall–Kier alpha value is -3.00. The predicted octanol–water partition coefficient (Wildman–Crippen LogP) is 4.38. The molecule has 158 valence electrons. The van der Waals surface area contributed by atoms with E-state index in [1.54, 1.807) is 13.3 Å². The Labute approximate surface area is 180 Å². The van der Waals surface area contributed by atoms with Gasteiger partial charge in [-0.25, -0.2) is 10.4 Å². The van der Waals surface area contributed by atoms with E-state index in [9.17, 15) is 4.79 Å². The molecule has 7 nitrogen and oxygen atoms in total. The zero-order valence-electron chi connectivity index (χ0n) is 17.2. The van der Waals surface area contributed by atoms with Gasteiger partial charge >= 0.3 is 0 Å². The third kappa shape index (κ3) is 6.25. The second-order valence-electron chi connectivity index (χ2n) is 6.61. The molecule has 0 fully saturated rings. The van der Waals surface area contributed by atoms with Gasteiger partial charge in [-0.15, -0.1) is 0 Å². The number of aromatic nitrogens is 2. The highest BCUT2D eigenvalue weighted by molar-refractivity contribution is 7.99. The topological polar surface area (TPSA) is 88.6 Å². The highest BCUT2D eigenvalue weighted by Gasteiger charge is 2.07. The molecule has 30 heavy (non-hydrogen) atoms. The molecule has 0 bridgehead atoms. The largest absolute Gasteiger partial charge is 0.493 e. The number of hydrazone groups is 1. The normalized spacial score (nSPS) is 11.1. The summed E-state index contributed by atoms with van der Waals surface area (Å²) in [6, 6.07) is 13.3. The number of nitrogens with zero attached hydrogens (tertiary/aromatic N) is 2. The summed E-state index contributed by atoms with van der Waals surface area (Å²) < 4.78 is 11.2. The van der Waals surface area contributed by atoms with Crippen molar-refractivity contribution in [2.45, 2.75) is 31.3 Å². The number of benzene rings is 2. The number of thioether (sulfide) groups is 1. The van der Waals surface area contributed by atoms with Gasteiger partial charge in [0, 0.05) is 0 Å². The Balaban J connectivity index is 1.48. The molecule has 1 aromatic heterocycles. The molecule has 0 atom stereocenters. The van der Waals surface area contributed by atoms with Crippen molar-refractivity contribution in [2.24, 2.45) is 5.10 Å². The van der Waals surface area contributed by atoms with Crippen LogP contribution in [0, 0.1) is 0 Å². The minimum absolute atomic E-state index is 0.209. The maximum absolute atomic E-state index is 12.0. The van der Waals surface area contributed by atoms with Gasteiger partial charge in [0.15, 0.2) is 16.7 Å². The first-order chi connectivity index (χ1) is 14.7. The number of ether oxygens (including phenoxy) is 2. The van der Waals surface area contributed by atoms with Crippen LogP contribution >= 0.6 is 11.8 Å². The maximum atomic E-state index is 12.0. The number of rotatable bonds is 11. The van der Waals surface area contributed by atoms with Crippen molar-refractivity contribution in [3.05, 3.63) is 48.0 Å². The zero-order valence-corrected chi connectivity index (χ0v) is 18.0. The number of methoxy groups -OCH3 is 1. The standard InChI is InChI=1S/C22H26N4O3S/c1-3-4-7-12-29-19-11-10-16(13-20(19)28-2)14-23-26-21(27)15-30-22-24-17-8-5-6-9-18(17)25-22/h5-6,8-11,13-14H,3-4,7,12,15H2,1-2H3,(H,24,25)(H,26,27)/b23-14+. The molecular weight excluding hydrogens is 400 g/mol. The highest BCUT2D eigenvalue weighted by atomic mass is 32.2. The van der Waals surface area contributed by atoms with Gasteiger partial charge in [-0.3, -0.25) is 4.79 Å². The summed E-state index contributed by atoms with van der Waals surface area (Å²) in [4.78, 5) is 19.7. The molecule has 0 aliphatic carbocycles. The van der Waals surface area contributed by atoms with Crippen LogP contribution in [0.5, 0.6) is 11.5 Å². The number of hydrogen-bond donors (Lipinski definition) is 2. The van der Waals surface area contributed by atoms with E-state index < -0.39 is 0 Å². The predicted molar refractivity (Wildman–Crippen MR) is 121 cm³/mol. The van der Waals surface area contributed by atoms with E-state index in [4.69, 9.17) is 9.47 Å². The van der Waals surface area contributed by atoms with Crippen molar-refractivity contribution < 1.29 is 14.3 Å². The van der Waals surface area contributed by atoms with Crippen molar-refractivity contribution in [3.8, 4) is 11.5 Å². The molecule has 2 aromatic carbocycles. The molecule has 0 unspecified atom stereocenters. The van der Waals surface area contributed by atoms with Crippen molar-refractivity contribution >= 4 is 34.9 Å². The minimum atomic E-state index is -0.209. The second-order valence-corrected chi connectivity index (χ2v) is 7.57. The molecule has 0 radical (unpaired) electrons. The van der Waals surface area contributed by atoms with Crippen molar-refractivity contribution in [3.63, 3.8) is 0 Å². The summed E-state index contributed by atoms with van der Waals surface area (Å²) in [5.74, 6) is 1.35. The van der Waals surface area contributed by atoms with E-state index in [-0.39, 0.29) is 11.7 Å². The molecule has 1 amide bonds. The molecule has 0 saturated heterocycles. The Kier molecular flexibility index (Phi) is 8.14. The monoisotopic (exact) mass is 426 g/mol. The lowest BCUT2D eigenvalue weighted by Crippen LogP contribution is -2.19. The lowest BCUT2D eigenvalue weighted by Gasteiger charge is -2.11. The molecule has 3 aromatic rings. The number of nitrogens with one attached hydrogen (secondary N) is 2. The van der Waals surface area contributed by atoms with E-state index in [0.717, 1.165) is 35.9 Å². The fourth-order valence-corrected chi connectivity index (χ4v) is 3.44. The van der Waals surface area contributed by atoms with E-state index in [1.807, 2.05) is 42.5 Å². The lowest BCUT2D eigenvalue weighted by molar-refractivity contribution is -0.118. The molecule has 0 spiro atoms. The van der Waals surface area contributed by atoms with E-state index in [0.29, 0.717) is 23.3 Å². The molecule has 3 rings (SSSR count).